The molecule has 7 heteroatoms. The number of esters is 1. The molecule has 0 aliphatic carbocycles. The third-order valence-corrected chi connectivity index (χ3v) is 2.80. The van der Waals surface area contributed by atoms with Crippen LogP contribution in [0.25, 0.3) is 0 Å². The van der Waals surface area contributed by atoms with Crippen LogP contribution in [0.5, 0.6) is 0 Å². The summed E-state index contributed by atoms with van der Waals surface area (Å²) >= 11 is 0. The monoisotopic (exact) mass is 274 g/mol. The molecule has 0 rings (SSSR count). The average molecular weight is 274 g/mol. The van der Waals surface area contributed by atoms with Crippen LogP contribution in [0.3, 0.4) is 0 Å². The Balaban J connectivity index is 4.39. The number of amides is 2. The van der Waals surface area contributed by atoms with Crippen LogP contribution in [0.15, 0.2) is 0 Å². The van der Waals surface area contributed by atoms with Gasteiger partial charge in [-0.3, -0.25) is 4.79 Å². The van der Waals surface area contributed by atoms with Gasteiger partial charge in [-0.25, -0.2) is 9.59 Å². The lowest BCUT2D eigenvalue weighted by atomic mass is 10.0. The Morgan fingerprint density at radius 1 is 1.32 bits per heavy atom. The maximum atomic E-state index is 11.6. The van der Waals surface area contributed by atoms with E-state index in [0.717, 1.165) is 0 Å². The fourth-order valence-electron chi connectivity index (χ4n) is 1.21. The Morgan fingerprint density at radius 2 is 1.89 bits per heavy atom. The molecular formula is C12H22N2O5. The van der Waals surface area contributed by atoms with Crippen LogP contribution < -0.4 is 10.6 Å². The second-order valence-electron chi connectivity index (χ2n) is 4.84. The predicted molar refractivity (Wildman–Crippen MR) is 68.7 cm³/mol. The molecule has 0 aromatic rings. The molecule has 0 saturated carbocycles. The molecule has 0 aliphatic heterocycles. The van der Waals surface area contributed by atoms with Crippen LogP contribution in [-0.2, 0) is 14.3 Å². The number of carboxylic acid groups (broad SMARTS) is 1. The summed E-state index contributed by atoms with van der Waals surface area (Å²) in [5.74, 6) is -1.70. The average Bonchev–Trinajstić information content (AvgIpc) is 2.32. The smallest absolute Gasteiger partial charge is 0.326 e. The minimum atomic E-state index is -1.19. The lowest BCUT2D eigenvalue weighted by molar-refractivity contribution is -0.142. The first-order valence-corrected chi connectivity index (χ1v) is 6.10. The minimum absolute atomic E-state index is 0.0119. The number of methoxy groups -OCH3 is 1. The number of urea groups is 1. The molecule has 0 radical (unpaired) electrons. The lowest BCUT2D eigenvalue weighted by Crippen LogP contribution is -2.52. The van der Waals surface area contributed by atoms with E-state index in [0.29, 0.717) is 6.42 Å². The Hall–Kier alpha value is -1.79. The van der Waals surface area contributed by atoms with Gasteiger partial charge in [0.1, 0.15) is 6.04 Å². The molecule has 0 aromatic carbocycles. The summed E-state index contributed by atoms with van der Waals surface area (Å²) in [6, 6.07) is -1.68. The van der Waals surface area contributed by atoms with Crippen LogP contribution in [0, 0.1) is 0 Å². The number of aliphatic carboxylic acids is 1. The zero-order valence-corrected chi connectivity index (χ0v) is 11.8. The highest BCUT2D eigenvalue weighted by atomic mass is 16.5. The van der Waals surface area contributed by atoms with E-state index in [-0.39, 0.29) is 12.8 Å². The Morgan fingerprint density at radius 3 is 2.32 bits per heavy atom. The summed E-state index contributed by atoms with van der Waals surface area (Å²) < 4.78 is 4.42. The second kappa shape index (κ2) is 7.60. The van der Waals surface area contributed by atoms with Crippen LogP contribution in [-0.4, -0.2) is 41.8 Å². The summed E-state index contributed by atoms with van der Waals surface area (Å²) in [6.07, 6.45) is 0.632. The quantitative estimate of drug-likeness (QED) is 0.598. The van der Waals surface area contributed by atoms with Gasteiger partial charge in [0, 0.05) is 12.0 Å². The van der Waals surface area contributed by atoms with Crippen molar-refractivity contribution in [3.8, 4) is 0 Å². The number of carboxylic acids is 1. The molecule has 3 N–H and O–H groups in total. The molecule has 0 saturated heterocycles. The third kappa shape index (κ3) is 7.28. The fraction of sp³-hybridized carbons (Fsp3) is 0.750. The van der Waals surface area contributed by atoms with Gasteiger partial charge >= 0.3 is 18.0 Å². The van der Waals surface area contributed by atoms with Crippen LogP contribution >= 0.6 is 0 Å². The molecule has 2 amide bonds. The maximum Gasteiger partial charge on any atom is 0.326 e. The van der Waals surface area contributed by atoms with Crippen molar-refractivity contribution in [3.05, 3.63) is 0 Å². The molecule has 7 nitrogen and oxygen atoms in total. The molecule has 19 heavy (non-hydrogen) atoms. The van der Waals surface area contributed by atoms with Crippen molar-refractivity contribution in [2.75, 3.05) is 7.11 Å². The van der Waals surface area contributed by atoms with Crippen molar-refractivity contribution in [3.63, 3.8) is 0 Å². The number of ether oxygens (including phenoxy) is 1. The number of nitrogens with one attached hydrogen (secondary N) is 2. The summed E-state index contributed by atoms with van der Waals surface area (Å²) in [5, 5.41) is 14.0. The molecule has 1 atom stereocenters. The van der Waals surface area contributed by atoms with E-state index < -0.39 is 29.6 Å². The first-order chi connectivity index (χ1) is 8.71. The van der Waals surface area contributed by atoms with Gasteiger partial charge in [0.15, 0.2) is 0 Å². The zero-order valence-electron chi connectivity index (χ0n) is 11.8. The standard InChI is InChI=1S/C12H22N2O5/c1-5-12(2,3)14-11(18)13-8(10(16)17)6-7-9(15)19-4/h8H,5-7H2,1-4H3,(H,16,17)(H2,13,14,18)/t8-/m0/s1. The number of rotatable bonds is 7. The first kappa shape index (κ1) is 17.2. The van der Waals surface area contributed by atoms with Crippen molar-refractivity contribution in [2.24, 2.45) is 0 Å². The molecular weight excluding hydrogens is 252 g/mol. The van der Waals surface area contributed by atoms with E-state index in [1.54, 1.807) is 0 Å². The van der Waals surface area contributed by atoms with E-state index in [1.807, 2.05) is 20.8 Å². The summed E-state index contributed by atoms with van der Waals surface area (Å²) in [5.41, 5.74) is -0.421. The van der Waals surface area contributed by atoms with Gasteiger partial charge in [0.2, 0.25) is 0 Å². The molecule has 0 heterocycles. The van der Waals surface area contributed by atoms with Crippen molar-refractivity contribution in [2.45, 2.75) is 51.6 Å². The molecule has 0 bridgehead atoms. The van der Waals surface area contributed by atoms with Gasteiger partial charge < -0.3 is 20.5 Å². The summed E-state index contributed by atoms with van der Waals surface area (Å²) in [7, 11) is 1.22. The van der Waals surface area contributed by atoms with Gasteiger partial charge in [-0.15, -0.1) is 0 Å². The number of hydrogen-bond donors (Lipinski definition) is 3. The summed E-state index contributed by atoms with van der Waals surface area (Å²) in [4.78, 5) is 33.6. The molecule has 0 aromatic heterocycles. The summed E-state index contributed by atoms with van der Waals surface area (Å²) in [6.45, 7) is 5.57. The van der Waals surface area contributed by atoms with Crippen molar-refractivity contribution < 1.29 is 24.2 Å². The zero-order chi connectivity index (χ0) is 15.1. The first-order valence-electron chi connectivity index (χ1n) is 6.10. The number of hydrogen-bond acceptors (Lipinski definition) is 4. The van der Waals surface area contributed by atoms with E-state index in [4.69, 9.17) is 5.11 Å². The van der Waals surface area contributed by atoms with E-state index in [9.17, 15) is 14.4 Å². The van der Waals surface area contributed by atoms with E-state index >= 15 is 0 Å². The van der Waals surface area contributed by atoms with Crippen LogP contribution in [0.4, 0.5) is 4.79 Å². The second-order valence-corrected chi connectivity index (χ2v) is 4.84. The van der Waals surface area contributed by atoms with Gasteiger partial charge in [-0.2, -0.15) is 0 Å². The Bertz CT molecular complexity index is 341. The Labute approximate surface area is 112 Å². The highest BCUT2D eigenvalue weighted by molar-refractivity contribution is 5.83. The van der Waals surface area contributed by atoms with Gasteiger partial charge in [0.05, 0.1) is 7.11 Å². The van der Waals surface area contributed by atoms with Crippen LogP contribution in [0.2, 0.25) is 0 Å². The Kier molecular flexibility index (Phi) is 6.89. The van der Waals surface area contributed by atoms with Gasteiger partial charge in [-0.05, 0) is 26.7 Å². The predicted octanol–water partition coefficient (Wildman–Crippen LogP) is 0.881. The maximum absolute atomic E-state index is 11.6. The topological polar surface area (TPSA) is 105 Å². The van der Waals surface area contributed by atoms with Crippen molar-refractivity contribution >= 4 is 18.0 Å². The third-order valence-electron chi connectivity index (χ3n) is 2.80. The number of carbonyl (C=O) groups is 3. The molecule has 0 spiro atoms. The highest BCUT2D eigenvalue weighted by Gasteiger charge is 2.24. The normalized spacial score (nSPS) is 12.4. The van der Waals surface area contributed by atoms with Crippen molar-refractivity contribution in [1.29, 1.82) is 0 Å². The molecule has 0 aliphatic rings. The van der Waals surface area contributed by atoms with E-state index in [1.165, 1.54) is 7.11 Å². The highest BCUT2D eigenvalue weighted by Crippen LogP contribution is 2.07. The number of carbonyl (C=O) groups excluding carboxylic acids is 2. The fourth-order valence-corrected chi connectivity index (χ4v) is 1.21. The van der Waals surface area contributed by atoms with Gasteiger partial charge in [-0.1, -0.05) is 6.92 Å². The van der Waals surface area contributed by atoms with Gasteiger partial charge in [0.25, 0.3) is 0 Å². The molecule has 0 unspecified atom stereocenters. The minimum Gasteiger partial charge on any atom is -0.480 e. The SMILES string of the molecule is CCC(C)(C)NC(=O)N[C@@H](CCC(=O)OC)C(=O)O. The lowest BCUT2D eigenvalue weighted by Gasteiger charge is -2.25. The largest absolute Gasteiger partial charge is 0.480 e. The molecule has 0 fully saturated rings. The molecule has 110 valence electrons. The van der Waals surface area contributed by atoms with E-state index in [2.05, 4.69) is 15.4 Å². The van der Waals surface area contributed by atoms with Crippen molar-refractivity contribution in [1.82, 2.24) is 10.6 Å². The van der Waals surface area contributed by atoms with Crippen LogP contribution in [0.1, 0.15) is 40.0 Å².